The lowest BCUT2D eigenvalue weighted by Crippen LogP contribution is -2.59. The third kappa shape index (κ3) is 2.11. The van der Waals surface area contributed by atoms with E-state index in [0.717, 1.165) is 10.9 Å². The molecule has 1 aliphatic heterocycles. The van der Waals surface area contributed by atoms with Crippen molar-refractivity contribution in [1.29, 1.82) is 0 Å². The van der Waals surface area contributed by atoms with E-state index in [2.05, 4.69) is 30.9 Å². The molecule has 3 heterocycles. The average Bonchev–Trinajstić information content (AvgIpc) is 2.91. The van der Waals surface area contributed by atoms with Crippen molar-refractivity contribution in [3.05, 3.63) is 27.1 Å². The second-order valence-electron chi connectivity index (χ2n) is 5.10. The molecule has 0 unspecified atom stereocenters. The Kier molecular flexibility index (Phi) is 2.87. The summed E-state index contributed by atoms with van der Waals surface area (Å²) in [4.78, 5) is 17.0. The smallest absolute Gasteiger partial charge is 0.263 e. The molecule has 9 heteroatoms. The molecule has 0 bridgehead atoms. The first-order chi connectivity index (χ1) is 9.93. The van der Waals surface area contributed by atoms with Gasteiger partial charge in [0, 0.05) is 17.5 Å². The molecule has 110 valence electrons. The molecule has 1 atom stereocenters. The highest BCUT2D eigenvalue weighted by Crippen LogP contribution is 2.06. The molecule has 1 aliphatic rings. The van der Waals surface area contributed by atoms with Gasteiger partial charge in [0.1, 0.15) is 5.49 Å². The van der Waals surface area contributed by atoms with Crippen LogP contribution in [0, 0.1) is 0 Å². The lowest BCUT2D eigenvalue weighted by molar-refractivity contribution is 0.414. The fourth-order valence-corrected chi connectivity index (χ4v) is 2.49. The van der Waals surface area contributed by atoms with Crippen LogP contribution in [0.1, 0.15) is 20.8 Å². The summed E-state index contributed by atoms with van der Waals surface area (Å²) in [6, 6.07) is 1.73. The Balaban J connectivity index is 2.46. The van der Waals surface area contributed by atoms with E-state index in [-0.39, 0.29) is 5.56 Å². The molecule has 0 aromatic carbocycles. The van der Waals surface area contributed by atoms with Crippen LogP contribution in [0.5, 0.6) is 0 Å². The molecular weight excluding hydrogens is 272 g/mol. The first-order valence-electron chi connectivity index (χ1n) is 6.59. The molecule has 0 fully saturated rings. The van der Waals surface area contributed by atoms with Gasteiger partial charge < -0.3 is 5.32 Å². The van der Waals surface area contributed by atoms with Gasteiger partial charge in [0.25, 0.3) is 5.56 Å². The van der Waals surface area contributed by atoms with Crippen LogP contribution in [0.15, 0.2) is 15.9 Å². The van der Waals surface area contributed by atoms with Gasteiger partial charge in [0.2, 0.25) is 0 Å². The van der Waals surface area contributed by atoms with Gasteiger partial charge in [-0.2, -0.15) is 0 Å². The van der Waals surface area contributed by atoms with Crippen molar-refractivity contribution in [3.63, 3.8) is 0 Å². The van der Waals surface area contributed by atoms with Crippen LogP contribution < -0.4 is 27.3 Å². The Morgan fingerprint density at radius 3 is 2.86 bits per heavy atom. The first-order valence-corrected chi connectivity index (χ1v) is 6.59. The topological polar surface area (TPSA) is 127 Å². The second-order valence-corrected chi connectivity index (χ2v) is 5.10. The summed E-state index contributed by atoms with van der Waals surface area (Å²) < 4.78 is 1.57. The molecule has 0 radical (unpaired) electrons. The lowest BCUT2D eigenvalue weighted by atomic mass is 10.1. The number of nitrogens with zero attached hydrogens (tertiary/aromatic N) is 5. The minimum absolute atomic E-state index is 0.205. The molecule has 3 rings (SSSR count). The van der Waals surface area contributed by atoms with Gasteiger partial charge in [0.15, 0.2) is 11.6 Å². The largest absolute Gasteiger partial charge is 0.352 e. The summed E-state index contributed by atoms with van der Waals surface area (Å²) in [7, 11) is 0. The molecule has 4 N–H and O–H groups in total. The summed E-state index contributed by atoms with van der Waals surface area (Å²) in [5.74, 6) is -0.602. The maximum atomic E-state index is 12.6. The van der Waals surface area contributed by atoms with Gasteiger partial charge in [-0.25, -0.2) is 10.1 Å². The fraction of sp³-hybridized carbons (Fsp3) is 0.417. The summed E-state index contributed by atoms with van der Waals surface area (Å²) >= 11 is 0. The van der Waals surface area contributed by atoms with E-state index in [1.807, 2.05) is 13.8 Å². The summed E-state index contributed by atoms with van der Waals surface area (Å²) in [5, 5.41) is 17.4. The van der Waals surface area contributed by atoms with Gasteiger partial charge in [-0.05, 0) is 37.3 Å². The Hall–Kier alpha value is -2.55. The number of fused-ring (bicyclic) bond motifs is 1. The van der Waals surface area contributed by atoms with E-state index in [0.29, 0.717) is 23.4 Å². The number of aromatic nitrogens is 5. The molecule has 0 spiro atoms. The van der Waals surface area contributed by atoms with Crippen LogP contribution in [0.2, 0.25) is 0 Å². The monoisotopic (exact) mass is 288 g/mol. The van der Waals surface area contributed by atoms with Crippen LogP contribution in [0.25, 0.3) is 17.1 Å². The summed E-state index contributed by atoms with van der Waals surface area (Å²) in [6.45, 7) is 6.00. The molecule has 0 saturated carbocycles. The highest BCUT2D eigenvalue weighted by Gasteiger charge is 2.23. The third-order valence-corrected chi connectivity index (χ3v) is 3.36. The number of nitrogens with one attached hydrogen (secondary N) is 2. The Bertz CT molecular complexity index is 862. The number of hydrogen-bond donors (Lipinski definition) is 3. The normalized spacial score (nSPS) is 20.7. The number of aromatic amines is 1. The molecular formula is C12H16N8O. The van der Waals surface area contributed by atoms with E-state index in [1.54, 1.807) is 17.6 Å². The van der Waals surface area contributed by atoms with Gasteiger partial charge in [-0.15, -0.1) is 5.10 Å². The standard InChI is InChI=1S/C12H16N8O/c1-4-20-10-7(6(2)14-12(3,13)15-10)5-8(11(20)21)9-16-18-19-17-9/h5,14H,4,13H2,1-3H3,(H,16,17,18,19)/t12-/m1/s1. The zero-order valence-corrected chi connectivity index (χ0v) is 12.0. The minimum Gasteiger partial charge on any atom is -0.352 e. The predicted octanol–water partition coefficient (Wildman–Crippen LogP) is -1.97. The van der Waals surface area contributed by atoms with Gasteiger partial charge >= 0.3 is 0 Å². The molecule has 21 heavy (non-hydrogen) atoms. The quantitative estimate of drug-likeness (QED) is 0.588. The van der Waals surface area contributed by atoms with E-state index < -0.39 is 5.79 Å². The Morgan fingerprint density at radius 1 is 1.48 bits per heavy atom. The predicted molar refractivity (Wildman–Crippen MR) is 75.1 cm³/mol. The van der Waals surface area contributed by atoms with Crippen LogP contribution >= 0.6 is 0 Å². The lowest BCUT2D eigenvalue weighted by Gasteiger charge is -2.27. The summed E-state index contributed by atoms with van der Waals surface area (Å²) in [6.07, 6.45) is 0. The van der Waals surface area contributed by atoms with Gasteiger partial charge in [0.05, 0.1) is 5.56 Å². The number of tetrazole rings is 1. The molecule has 0 saturated heterocycles. The van der Waals surface area contributed by atoms with Crippen molar-refractivity contribution in [2.45, 2.75) is 33.1 Å². The SMILES string of the molecule is CCn1c(=O)c(-c2nnn[nH]2)cc2c1=N[C@](C)(N)NC=2C. The third-order valence-electron chi connectivity index (χ3n) is 3.36. The number of pyridine rings is 1. The number of hydrogen-bond acceptors (Lipinski definition) is 7. The molecule has 0 amide bonds. The number of H-pyrrole nitrogens is 1. The highest BCUT2D eigenvalue weighted by molar-refractivity contribution is 5.55. The molecule has 9 nitrogen and oxygen atoms in total. The van der Waals surface area contributed by atoms with E-state index in [1.165, 1.54) is 0 Å². The average molecular weight is 288 g/mol. The maximum Gasteiger partial charge on any atom is 0.263 e. The van der Waals surface area contributed by atoms with Crippen molar-refractivity contribution < 1.29 is 0 Å². The molecule has 2 aromatic rings. The van der Waals surface area contributed by atoms with Gasteiger partial charge in [-0.3, -0.25) is 15.1 Å². The number of rotatable bonds is 2. The van der Waals surface area contributed by atoms with Crippen LogP contribution in [0.4, 0.5) is 0 Å². The summed E-state index contributed by atoms with van der Waals surface area (Å²) in [5.41, 5.74) is 7.65. The van der Waals surface area contributed by atoms with Crippen molar-refractivity contribution in [3.8, 4) is 11.4 Å². The number of nitrogens with two attached hydrogens (primary N) is 1. The van der Waals surface area contributed by atoms with E-state index >= 15 is 0 Å². The van der Waals surface area contributed by atoms with Crippen LogP contribution in [-0.2, 0) is 6.54 Å². The van der Waals surface area contributed by atoms with Crippen molar-refractivity contribution in [2.24, 2.45) is 10.7 Å². The Labute approximate surface area is 119 Å². The molecule has 2 aromatic heterocycles. The highest BCUT2D eigenvalue weighted by atomic mass is 16.1. The van der Waals surface area contributed by atoms with Crippen LogP contribution in [-0.4, -0.2) is 31.0 Å². The van der Waals surface area contributed by atoms with E-state index in [9.17, 15) is 4.79 Å². The molecule has 0 aliphatic carbocycles. The van der Waals surface area contributed by atoms with Crippen molar-refractivity contribution in [2.75, 3.05) is 0 Å². The van der Waals surface area contributed by atoms with Gasteiger partial charge in [-0.1, -0.05) is 0 Å². The first kappa shape index (κ1) is 13.4. The minimum atomic E-state index is -0.935. The Morgan fingerprint density at radius 2 is 2.24 bits per heavy atom. The van der Waals surface area contributed by atoms with Crippen LogP contribution in [0.3, 0.4) is 0 Å². The zero-order valence-electron chi connectivity index (χ0n) is 12.0. The van der Waals surface area contributed by atoms with Crippen molar-refractivity contribution in [1.82, 2.24) is 30.5 Å². The van der Waals surface area contributed by atoms with E-state index in [4.69, 9.17) is 5.73 Å². The zero-order chi connectivity index (χ0) is 15.2. The van der Waals surface area contributed by atoms with Crippen molar-refractivity contribution >= 4 is 5.70 Å². The maximum absolute atomic E-state index is 12.6. The second kappa shape index (κ2) is 4.48. The fourth-order valence-electron chi connectivity index (χ4n) is 2.49.